The van der Waals surface area contributed by atoms with Crippen LogP contribution in [0.4, 0.5) is 0 Å². The zero-order chi connectivity index (χ0) is 16.4. The third kappa shape index (κ3) is 3.64. The van der Waals surface area contributed by atoms with Crippen molar-refractivity contribution in [1.82, 2.24) is 4.90 Å². The van der Waals surface area contributed by atoms with E-state index in [4.69, 9.17) is 10.00 Å². The van der Waals surface area contributed by atoms with E-state index < -0.39 is 9.84 Å². The zero-order valence-electron chi connectivity index (χ0n) is 12.6. The minimum absolute atomic E-state index is 0.0457. The van der Waals surface area contributed by atoms with Crippen LogP contribution in [-0.2, 0) is 14.6 Å². The van der Waals surface area contributed by atoms with E-state index in [2.05, 4.69) is 0 Å². The lowest BCUT2D eigenvalue weighted by molar-refractivity contribution is -0.135. The summed E-state index contributed by atoms with van der Waals surface area (Å²) in [5.74, 6) is 0.358. The van der Waals surface area contributed by atoms with E-state index in [9.17, 15) is 13.2 Å². The fraction of sp³-hybridized carbons (Fsp3) is 0.500. The number of nitriles is 1. The van der Waals surface area contributed by atoms with Gasteiger partial charge in [0.25, 0.3) is 5.91 Å². The normalized spacial score (nSPS) is 22.3. The molecule has 0 radical (unpaired) electrons. The van der Waals surface area contributed by atoms with Gasteiger partial charge < -0.3 is 9.64 Å². The first kappa shape index (κ1) is 15.8. The molecule has 1 aliphatic heterocycles. The second kappa shape index (κ2) is 6.20. The average molecular weight is 334 g/mol. The fourth-order valence-electron chi connectivity index (χ4n) is 2.95. The van der Waals surface area contributed by atoms with Gasteiger partial charge in [-0.1, -0.05) is 12.1 Å². The van der Waals surface area contributed by atoms with E-state index in [1.807, 2.05) is 6.07 Å². The molecule has 1 saturated heterocycles. The van der Waals surface area contributed by atoms with Gasteiger partial charge >= 0.3 is 0 Å². The number of carbonyl (C=O) groups is 1. The Balaban J connectivity index is 1.67. The van der Waals surface area contributed by atoms with Crippen LogP contribution in [0.5, 0.6) is 5.75 Å². The van der Waals surface area contributed by atoms with Crippen molar-refractivity contribution >= 4 is 15.7 Å². The van der Waals surface area contributed by atoms with Crippen LogP contribution < -0.4 is 4.74 Å². The van der Waals surface area contributed by atoms with Gasteiger partial charge in [0.15, 0.2) is 16.4 Å². The molecule has 1 amide bonds. The van der Waals surface area contributed by atoms with Gasteiger partial charge in [0, 0.05) is 12.1 Å². The van der Waals surface area contributed by atoms with Crippen molar-refractivity contribution in [3.05, 3.63) is 29.8 Å². The molecule has 3 rings (SSSR count). The molecule has 0 N–H and O–H groups in total. The van der Waals surface area contributed by atoms with E-state index in [0.29, 0.717) is 17.7 Å². The fourth-order valence-corrected chi connectivity index (χ4v) is 4.66. The second-order valence-corrected chi connectivity index (χ2v) is 8.21. The van der Waals surface area contributed by atoms with Crippen LogP contribution in [0.25, 0.3) is 0 Å². The number of para-hydroxylation sites is 1. The quantitative estimate of drug-likeness (QED) is 0.805. The highest BCUT2D eigenvalue weighted by atomic mass is 32.2. The van der Waals surface area contributed by atoms with Gasteiger partial charge in [0.2, 0.25) is 0 Å². The van der Waals surface area contributed by atoms with Crippen molar-refractivity contribution < 1.29 is 17.9 Å². The molecule has 6 nitrogen and oxygen atoms in total. The molecule has 1 aromatic carbocycles. The van der Waals surface area contributed by atoms with E-state index in [0.717, 1.165) is 12.8 Å². The number of carbonyl (C=O) groups excluding carboxylic acids is 1. The van der Waals surface area contributed by atoms with Crippen LogP contribution >= 0.6 is 0 Å². The molecule has 1 saturated carbocycles. The largest absolute Gasteiger partial charge is 0.482 e. The van der Waals surface area contributed by atoms with Crippen molar-refractivity contribution in [3.8, 4) is 11.8 Å². The Labute approximate surface area is 135 Å². The van der Waals surface area contributed by atoms with Crippen LogP contribution in [0.15, 0.2) is 24.3 Å². The van der Waals surface area contributed by atoms with Gasteiger partial charge in [0.1, 0.15) is 11.8 Å². The molecule has 1 heterocycles. The van der Waals surface area contributed by atoms with Crippen LogP contribution in [0.2, 0.25) is 0 Å². The van der Waals surface area contributed by atoms with Crippen LogP contribution in [0, 0.1) is 11.3 Å². The molecular weight excluding hydrogens is 316 g/mol. The number of benzene rings is 1. The molecule has 7 heteroatoms. The molecule has 0 aromatic heterocycles. The molecular formula is C16H18N2O4S. The van der Waals surface area contributed by atoms with Crippen LogP contribution in [-0.4, -0.2) is 49.4 Å². The summed E-state index contributed by atoms with van der Waals surface area (Å²) in [7, 11) is -3.04. The van der Waals surface area contributed by atoms with E-state index in [-0.39, 0.29) is 36.1 Å². The molecule has 1 aliphatic carbocycles. The molecule has 23 heavy (non-hydrogen) atoms. The highest BCUT2D eigenvalue weighted by Crippen LogP contribution is 2.32. The number of rotatable bonds is 5. The van der Waals surface area contributed by atoms with Crippen molar-refractivity contribution in [2.24, 2.45) is 0 Å². The Kier molecular flexibility index (Phi) is 4.26. The number of sulfone groups is 1. The van der Waals surface area contributed by atoms with Gasteiger partial charge in [0.05, 0.1) is 17.1 Å². The predicted octanol–water partition coefficient (Wildman–Crippen LogP) is 1.12. The van der Waals surface area contributed by atoms with Gasteiger partial charge in [-0.15, -0.1) is 0 Å². The summed E-state index contributed by atoms with van der Waals surface area (Å²) in [6.45, 7) is -0.175. The van der Waals surface area contributed by atoms with Gasteiger partial charge in [-0.05, 0) is 31.4 Å². The maximum absolute atomic E-state index is 12.5. The second-order valence-electron chi connectivity index (χ2n) is 5.99. The summed E-state index contributed by atoms with van der Waals surface area (Å²) in [5, 5.41) is 9.03. The van der Waals surface area contributed by atoms with E-state index in [1.54, 1.807) is 29.2 Å². The Morgan fingerprint density at radius 1 is 1.26 bits per heavy atom. The Morgan fingerprint density at radius 2 is 2.00 bits per heavy atom. The maximum atomic E-state index is 12.5. The maximum Gasteiger partial charge on any atom is 0.261 e. The first-order valence-electron chi connectivity index (χ1n) is 7.64. The number of hydrogen-bond donors (Lipinski definition) is 0. The van der Waals surface area contributed by atoms with Crippen molar-refractivity contribution in [2.45, 2.75) is 31.3 Å². The van der Waals surface area contributed by atoms with E-state index >= 15 is 0 Å². The number of nitrogens with zero attached hydrogens (tertiary/aromatic N) is 2. The summed E-state index contributed by atoms with van der Waals surface area (Å²) in [6, 6.07) is 8.66. The third-order valence-electron chi connectivity index (χ3n) is 4.19. The average Bonchev–Trinajstić information content (AvgIpc) is 3.29. The van der Waals surface area contributed by atoms with Crippen molar-refractivity contribution in [1.29, 1.82) is 5.26 Å². The van der Waals surface area contributed by atoms with Gasteiger partial charge in [-0.2, -0.15) is 5.26 Å². The SMILES string of the molecule is N#Cc1ccccc1OCC(=O)N(C1CC1)[C@@H]1CCS(=O)(=O)C1. The van der Waals surface area contributed by atoms with Gasteiger partial charge in [-0.3, -0.25) is 4.79 Å². The Hall–Kier alpha value is -2.07. The summed E-state index contributed by atoms with van der Waals surface area (Å²) >= 11 is 0. The summed E-state index contributed by atoms with van der Waals surface area (Å²) < 4.78 is 28.8. The van der Waals surface area contributed by atoms with E-state index in [1.165, 1.54) is 0 Å². The minimum atomic E-state index is -3.04. The lowest BCUT2D eigenvalue weighted by Crippen LogP contribution is -2.45. The summed E-state index contributed by atoms with van der Waals surface area (Å²) in [4.78, 5) is 14.2. The van der Waals surface area contributed by atoms with Crippen LogP contribution in [0.1, 0.15) is 24.8 Å². The lowest BCUT2D eigenvalue weighted by Gasteiger charge is -2.28. The molecule has 0 unspecified atom stereocenters. The standard InChI is InChI=1S/C16H18N2O4S/c17-9-12-3-1-2-4-15(12)22-10-16(19)18(13-5-6-13)14-7-8-23(20,21)11-14/h1-4,13-14H,5-8,10-11H2/t14-/m1/s1. The molecule has 0 spiro atoms. The van der Waals surface area contributed by atoms with Crippen LogP contribution in [0.3, 0.4) is 0 Å². The highest BCUT2D eigenvalue weighted by Gasteiger charge is 2.42. The number of hydrogen-bond acceptors (Lipinski definition) is 5. The topological polar surface area (TPSA) is 87.5 Å². The highest BCUT2D eigenvalue weighted by molar-refractivity contribution is 7.91. The molecule has 0 bridgehead atoms. The number of ether oxygens (including phenoxy) is 1. The van der Waals surface area contributed by atoms with Gasteiger partial charge in [-0.25, -0.2) is 8.42 Å². The Bertz CT molecular complexity index is 750. The zero-order valence-corrected chi connectivity index (χ0v) is 13.5. The summed E-state index contributed by atoms with van der Waals surface area (Å²) in [5.41, 5.74) is 0.377. The molecule has 2 fully saturated rings. The molecule has 122 valence electrons. The summed E-state index contributed by atoms with van der Waals surface area (Å²) in [6.07, 6.45) is 2.33. The first-order chi connectivity index (χ1) is 11.0. The monoisotopic (exact) mass is 334 g/mol. The lowest BCUT2D eigenvalue weighted by atomic mass is 10.2. The van der Waals surface area contributed by atoms with Crippen molar-refractivity contribution in [2.75, 3.05) is 18.1 Å². The predicted molar refractivity (Wildman–Crippen MR) is 83.6 cm³/mol. The first-order valence-corrected chi connectivity index (χ1v) is 9.46. The van der Waals surface area contributed by atoms with Crippen molar-refractivity contribution in [3.63, 3.8) is 0 Å². The number of amides is 1. The third-order valence-corrected chi connectivity index (χ3v) is 5.94. The molecule has 1 atom stereocenters. The minimum Gasteiger partial charge on any atom is -0.482 e. The Morgan fingerprint density at radius 3 is 2.61 bits per heavy atom. The molecule has 2 aliphatic rings. The smallest absolute Gasteiger partial charge is 0.261 e. The molecule has 1 aromatic rings.